The topological polar surface area (TPSA) is 68.3 Å². The Morgan fingerprint density at radius 1 is 1.02 bits per heavy atom. The molecule has 0 aromatic heterocycles. The molecular weight excluding hydrogens is 592 g/mol. The minimum atomic E-state index is -3.63. The van der Waals surface area contributed by atoms with E-state index in [1.807, 2.05) is 44.3 Å². The van der Waals surface area contributed by atoms with Crippen LogP contribution in [0.5, 0.6) is 0 Å². The van der Waals surface area contributed by atoms with Crippen molar-refractivity contribution in [3.05, 3.63) is 47.7 Å². The molecule has 43 heavy (non-hydrogen) atoms. The fraction of sp³-hybridized carbons (Fsp3) is 0.727. The van der Waals surface area contributed by atoms with Crippen molar-refractivity contribution in [2.45, 2.75) is 135 Å². The van der Waals surface area contributed by atoms with Crippen molar-refractivity contribution >= 4 is 30.2 Å². The zero-order valence-electron chi connectivity index (χ0n) is 28.9. The maximum Gasteiger partial charge on any atom is 0.461 e. The monoisotopic (exact) mass is 648 g/mol. The van der Waals surface area contributed by atoms with Crippen molar-refractivity contribution in [1.82, 2.24) is 9.24 Å². The highest BCUT2D eigenvalue weighted by Crippen LogP contribution is 2.65. The third kappa shape index (κ3) is 6.28. The summed E-state index contributed by atoms with van der Waals surface area (Å²) >= 11 is 0. The van der Waals surface area contributed by atoms with Crippen LogP contribution in [0.3, 0.4) is 0 Å². The van der Waals surface area contributed by atoms with Gasteiger partial charge >= 0.3 is 7.75 Å². The minimum absolute atomic E-state index is 0.0192. The van der Waals surface area contributed by atoms with Gasteiger partial charge in [-0.25, -0.2) is 4.57 Å². The van der Waals surface area contributed by atoms with Gasteiger partial charge in [-0.1, -0.05) is 85.0 Å². The smallest absolute Gasteiger partial charge is 0.418 e. The lowest BCUT2D eigenvalue weighted by Crippen LogP contribution is -2.76. The van der Waals surface area contributed by atoms with Gasteiger partial charge in [-0.15, -0.1) is 0 Å². The number of rotatable bonds is 8. The molecule has 0 unspecified atom stereocenters. The van der Waals surface area contributed by atoms with E-state index in [4.69, 9.17) is 13.5 Å². The maximum absolute atomic E-state index is 14.4. The summed E-state index contributed by atoms with van der Waals surface area (Å²) in [5.74, 6) is 0.585. The van der Waals surface area contributed by atoms with Crippen LogP contribution >= 0.6 is 7.75 Å². The number of amides is 1. The second kappa shape index (κ2) is 11.9. The highest BCUT2D eigenvalue weighted by Gasteiger charge is 2.63. The first-order valence-electron chi connectivity index (χ1n) is 16.1. The molecule has 4 rings (SSSR count). The molecule has 2 heterocycles. The predicted molar refractivity (Wildman–Crippen MR) is 181 cm³/mol. The van der Waals surface area contributed by atoms with E-state index >= 15 is 0 Å². The standard InChI is InChI=1S/C33H57N2O5PSi2/c1-23-30(25-19-15-14-16-20-25)39-41(37,34(23)9)38-27-22-18-17-21-26(27)29-28(24(2)40-43(12,13)33(6,7)8)31(36)35(29)42(10,11)32(3,4)5/h14-16,19-20,22-24,26,28-30H,17-18,21H2,1-13H3/t23-,24-,26+,28-,29-,30-,41+/m0/s1. The first kappa shape index (κ1) is 34.6. The van der Waals surface area contributed by atoms with Crippen molar-refractivity contribution in [3.8, 4) is 0 Å². The molecule has 3 aliphatic rings. The maximum atomic E-state index is 14.4. The van der Waals surface area contributed by atoms with Crippen molar-refractivity contribution in [3.63, 3.8) is 0 Å². The summed E-state index contributed by atoms with van der Waals surface area (Å²) in [5.41, 5.74) is 0.989. The molecule has 0 N–H and O–H groups in total. The molecular formula is C33H57N2O5PSi2. The van der Waals surface area contributed by atoms with Crippen LogP contribution in [0, 0.1) is 11.8 Å². The molecule has 7 nitrogen and oxygen atoms in total. The van der Waals surface area contributed by atoms with Crippen LogP contribution in [0.2, 0.25) is 36.3 Å². The molecule has 1 aromatic carbocycles. The van der Waals surface area contributed by atoms with Crippen LogP contribution in [0.4, 0.5) is 0 Å². The second-order valence-electron chi connectivity index (χ2n) is 16.1. The molecule has 0 bridgehead atoms. The van der Waals surface area contributed by atoms with Gasteiger partial charge < -0.3 is 13.5 Å². The van der Waals surface area contributed by atoms with Gasteiger partial charge in [-0.05, 0) is 75.0 Å². The van der Waals surface area contributed by atoms with Gasteiger partial charge in [0.1, 0.15) is 11.9 Å². The Morgan fingerprint density at radius 3 is 2.19 bits per heavy atom. The van der Waals surface area contributed by atoms with Crippen LogP contribution < -0.4 is 0 Å². The number of benzene rings is 1. The minimum Gasteiger partial charge on any atom is -0.418 e. The summed E-state index contributed by atoms with van der Waals surface area (Å²) in [6, 6.07) is 9.77. The molecule has 2 saturated heterocycles. The first-order chi connectivity index (χ1) is 19.6. The van der Waals surface area contributed by atoms with Crippen LogP contribution in [0.25, 0.3) is 0 Å². The molecule has 10 heteroatoms. The molecule has 2 aliphatic heterocycles. The molecule has 0 saturated carbocycles. The largest absolute Gasteiger partial charge is 0.461 e. The number of carbonyl (C=O) groups is 1. The van der Waals surface area contributed by atoms with E-state index in [-0.39, 0.29) is 52.1 Å². The zero-order chi connectivity index (χ0) is 32.3. The average molecular weight is 649 g/mol. The Kier molecular flexibility index (Phi) is 9.55. The van der Waals surface area contributed by atoms with E-state index in [0.717, 1.165) is 24.8 Å². The van der Waals surface area contributed by atoms with E-state index in [2.05, 4.69) is 85.3 Å². The zero-order valence-corrected chi connectivity index (χ0v) is 31.8. The fourth-order valence-electron chi connectivity index (χ4n) is 6.41. The highest BCUT2D eigenvalue weighted by atomic mass is 31.2. The number of nitrogens with zero attached hydrogens (tertiary/aromatic N) is 2. The van der Waals surface area contributed by atoms with Crippen molar-refractivity contribution in [2.75, 3.05) is 7.05 Å². The Labute approximate surface area is 263 Å². The van der Waals surface area contributed by atoms with Gasteiger partial charge in [0.15, 0.2) is 16.6 Å². The van der Waals surface area contributed by atoms with Crippen molar-refractivity contribution in [2.24, 2.45) is 11.8 Å². The third-order valence-corrected chi connectivity index (χ3v) is 23.3. The number of hydrogen-bond donors (Lipinski definition) is 0. The summed E-state index contributed by atoms with van der Waals surface area (Å²) < 4.78 is 38.2. The van der Waals surface area contributed by atoms with Crippen LogP contribution in [0.1, 0.15) is 86.3 Å². The molecule has 0 radical (unpaired) electrons. The summed E-state index contributed by atoms with van der Waals surface area (Å²) in [7, 11) is -6.16. The summed E-state index contributed by atoms with van der Waals surface area (Å²) in [6.45, 7) is 26.7. The number of likely N-dealkylation sites (N-methyl/N-ethyl adjacent to an activating group) is 1. The lowest BCUT2D eigenvalue weighted by Gasteiger charge is -2.62. The second-order valence-corrected chi connectivity index (χ2v) is 27.9. The molecule has 1 aromatic rings. The van der Waals surface area contributed by atoms with Gasteiger partial charge in [0, 0.05) is 18.0 Å². The van der Waals surface area contributed by atoms with E-state index < -0.39 is 24.3 Å². The molecule has 242 valence electrons. The quantitative estimate of drug-likeness (QED) is 0.159. The summed E-state index contributed by atoms with van der Waals surface area (Å²) in [5, 5.41) is 0.0200. The average Bonchev–Trinajstić information content (AvgIpc) is 3.10. The Balaban J connectivity index is 1.69. The number of carbonyl (C=O) groups excluding carboxylic acids is 1. The predicted octanol–water partition coefficient (Wildman–Crippen LogP) is 9.13. The van der Waals surface area contributed by atoms with E-state index in [1.165, 1.54) is 0 Å². The highest BCUT2D eigenvalue weighted by molar-refractivity contribution is 7.51. The van der Waals surface area contributed by atoms with E-state index in [9.17, 15) is 9.36 Å². The van der Waals surface area contributed by atoms with Crippen molar-refractivity contribution in [1.29, 1.82) is 0 Å². The number of β-lactam (4-membered cyclic amide) rings is 1. The summed E-state index contributed by atoms with van der Waals surface area (Å²) in [4.78, 5) is 14.2. The SMILES string of the molecule is C[C@H](O[Si](C)(C)C(C)(C)C)[C@@H]1C(=O)N([Si](C)(C)C(C)(C)C)[C@H]1[C@@H]1CCCC=C1O[P@@]1(=O)O[C@H](c2ccccc2)[C@H](C)N1C. The molecule has 1 amide bonds. The molecule has 2 fully saturated rings. The van der Waals surface area contributed by atoms with Gasteiger partial charge in [0.25, 0.3) is 0 Å². The Hall–Kier alpha value is -1.23. The number of allylic oxidation sites excluding steroid dienone is 1. The number of hydrogen-bond acceptors (Lipinski definition) is 5. The Morgan fingerprint density at radius 2 is 1.63 bits per heavy atom. The first-order valence-corrected chi connectivity index (χ1v) is 23.5. The van der Waals surface area contributed by atoms with Crippen LogP contribution in [0.15, 0.2) is 42.2 Å². The van der Waals surface area contributed by atoms with E-state index in [0.29, 0.717) is 5.76 Å². The van der Waals surface area contributed by atoms with Crippen LogP contribution in [-0.4, -0.2) is 56.9 Å². The fourth-order valence-corrected chi connectivity index (χ4v) is 12.3. The molecule has 1 aliphatic carbocycles. The summed E-state index contributed by atoms with van der Waals surface area (Å²) in [6.07, 6.45) is 4.27. The van der Waals surface area contributed by atoms with Gasteiger partial charge in [0.2, 0.25) is 5.91 Å². The van der Waals surface area contributed by atoms with Gasteiger partial charge in [-0.2, -0.15) is 4.67 Å². The lowest BCUT2D eigenvalue weighted by molar-refractivity contribution is -0.158. The van der Waals surface area contributed by atoms with Gasteiger partial charge in [-0.3, -0.25) is 9.32 Å². The van der Waals surface area contributed by atoms with Crippen molar-refractivity contribution < 1.29 is 22.8 Å². The molecule has 0 spiro atoms. The molecule has 7 atom stereocenters. The van der Waals surface area contributed by atoms with Crippen LogP contribution in [-0.2, 0) is 22.8 Å². The normalized spacial score (nSPS) is 31.9. The van der Waals surface area contributed by atoms with E-state index in [1.54, 1.807) is 4.67 Å². The lowest BCUT2D eigenvalue weighted by atomic mass is 9.74. The Bertz CT molecular complexity index is 1260. The third-order valence-electron chi connectivity index (χ3n) is 11.3. The van der Waals surface area contributed by atoms with Gasteiger partial charge in [0.05, 0.1) is 12.0 Å².